The fourth-order valence-electron chi connectivity index (χ4n) is 2.82. The van der Waals surface area contributed by atoms with Crippen LogP contribution in [0.15, 0.2) is 12.3 Å². The molecule has 0 aliphatic heterocycles. The van der Waals surface area contributed by atoms with Crippen LogP contribution in [0, 0.1) is 12.8 Å². The molecule has 2 aromatic rings. The van der Waals surface area contributed by atoms with Crippen LogP contribution in [0.3, 0.4) is 0 Å². The molecule has 2 heterocycles. The summed E-state index contributed by atoms with van der Waals surface area (Å²) in [7, 11) is 0. The van der Waals surface area contributed by atoms with Crippen molar-refractivity contribution in [2.75, 3.05) is 5.88 Å². The summed E-state index contributed by atoms with van der Waals surface area (Å²) in [6.45, 7) is 4.37. The second-order valence-corrected chi connectivity index (χ2v) is 6.04. The average Bonchev–Trinajstić information content (AvgIpc) is 3.09. The number of nitrogens with zero attached hydrogens (tertiary/aromatic N) is 3. The Balaban J connectivity index is 2.07. The zero-order valence-corrected chi connectivity index (χ0v) is 12.3. The molecule has 4 heteroatoms. The highest BCUT2D eigenvalue weighted by Crippen LogP contribution is 2.38. The van der Waals surface area contributed by atoms with E-state index in [1.54, 1.807) is 0 Å². The second kappa shape index (κ2) is 5.12. The molecular formula is C15H20ClN3. The van der Waals surface area contributed by atoms with E-state index < -0.39 is 0 Å². The summed E-state index contributed by atoms with van der Waals surface area (Å²) in [6.07, 6.45) is 6.69. The fourth-order valence-corrected chi connectivity index (χ4v) is 2.99. The number of fused-ring (bicyclic) bond motifs is 1. The van der Waals surface area contributed by atoms with Crippen molar-refractivity contribution in [2.45, 2.75) is 45.6 Å². The molecule has 0 spiro atoms. The first-order valence-electron chi connectivity index (χ1n) is 7.09. The number of halogens is 1. The Hall–Kier alpha value is -1.09. The van der Waals surface area contributed by atoms with Gasteiger partial charge in [0.1, 0.15) is 11.3 Å². The number of hydrogen-bond donors (Lipinski definition) is 0. The van der Waals surface area contributed by atoms with Crippen LogP contribution < -0.4 is 0 Å². The van der Waals surface area contributed by atoms with Gasteiger partial charge < -0.3 is 4.57 Å². The summed E-state index contributed by atoms with van der Waals surface area (Å²) >= 11 is 5.92. The molecular weight excluding hydrogens is 258 g/mol. The molecule has 1 unspecified atom stereocenters. The summed E-state index contributed by atoms with van der Waals surface area (Å²) in [5, 5.41) is 0. The predicted molar refractivity (Wildman–Crippen MR) is 78.7 cm³/mol. The molecule has 19 heavy (non-hydrogen) atoms. The highest BCUT2D eigenvalue weighted by molar-refractivity contribution is 6.17. The highest BCUT2D eigenvalue weighted by Gasteiger charge is 2.26. The first kappa shape index (κ1) is 12.9. The van der Waals surface area contributed by atoms with Crippen molar-refractivity contribution in [1.29, 1.82) is 0 Å². The van der Waals surface area contributed by atoms with E-state index in [0.29, 0.717) is 11.9 Å². The van der Waals surface area contributed by atoms with E-state index in [-0.39, 0.29) is 0 Å². The molecule has 102 valence electrons. The van der Waals surface area contributed by atoms with Crippen LogP contribution in [0.1, 0.15) is 43.6 Å². The number of rotatable bonds is 5. The van der Waals surface area contributed by atoms with Gasteiger partial charge in [0.05, 0.1) is 0 Å². The molecule has 0 aromatic carbocycles. The normalized spacial score (nSPS) is 17.0. The van der Waals surface area contributed by atoms with E-state index in [4.69, 9.17) is 16.6 Å². The molecule has 0 amide bonds. The first-order chi connectivity index (χ1) is 9.20. The SMILES string of the molecule is Cc1ccnc2c1nc(CCCl)n2C(C)CC1CC1. The van der Waals surface area contributed by atoms with Crippen molar-refractivity contribution in [1.82, 2.24) is 14.5 Å². The summed E-state index contributed by atoms with van der Waals surface area (Å²) < 4.78 is 2.31. The van der Waals surface area contributed by atoms with Crippen molar-refractivity contribution in [3.63, 3.8) is 0 Å². The number of hydrogen-bond acceptors (Lipinski definition) is 2. The summed E-state index contributed by atoms with van der Waals surface area (Å²) in [6, 6.07) is 2.49. The Kier molecular flexibility index (Phi) is 3.48. The van der Waals surface area contributed by atoms with Crippen LogP contribution in [0.2, 0.25) is 0 Å². The molecule has 1 fully saturated rings. The fraction of sp³-hybridized carbons (Fsp3) is 0.600. The largest absolute Gasteiger partial charge is 0.310 e. The van der Waals surface area contributed by atoms with Gasteiger partial charge in [-0.15, -0.1) is 11.6 Å². The Morgan fingerprint density at radius 2 is 2.26 bits per heavy atom. The minimum absolute atomic E-state index is 0.463. The summed E-state index contributed by atoms with van der Waals surface area (Å²) in [5.41, 5.74) is 3.25. The number of aromatic nitrogens is 3. The third-order valence-electron chi connectivity index (χ3n) is 3.98. The predicted octanol–water partition coefficient (Wildman–Crippen LogP) is 3.88. The van der Waals surface area contributed by atoms with Crippen molar-refractivity contribution in [3.8, 4) is 0 Å². The molecule has 0 bridgehead atoms. The van der Waals surface area contributed by atoms with Crippen LogP contribution in [0.25, 0.3) is 11.2 Å². The van der Waals surface area contributed by atoms with Gasteiger partial charge in [-0.3, -0.25) is 0 Å². The van der Waals surface area contributed by atoms with Gasteiger partial charge in [0, 0.05) is 24.5 Å². The molecule has 3 rings (SSSR count). The maximum absolute atomic E-state index is 5.92. The number of pyridine rings is 1. The number of aryl methyl sites for hydroxylation is 2. The summed E-state index contributed by atoms with van der Waals surface area (Å²) in [5.74, 6) is 2.60. The van der Waals surface area contributed by atoms with Gasteiger partial charge in [0.25, 0.3) is 0 Å². The van der Waals surface area contributed by atoms with Gasteiger partial charge in [-0.1, -0.05) is 12.8 Å². The number of imidazole rings is 1. The third-order valence-corrected chi connectivity index (χ3v) is 4.17. The van der Waals surface area contributed by atoms with Gasteiger partial charge in [-0.05, 0) is 37.8 Å². The Labute approximate surface area is 119 Å². The zero-order valence-electron chi connectivity index (χ0n) is 11.6. The van der Waals surface area contributed by atoms with E-state index in [1.807, 2.05) is 12.3 Å². The van der Waals surface area contributed by atoms with Crippen LogP contribution in [-0.2, 0) is 6.42 Å². The van der Waals surface area contributed by atoms with E-state index in [9.17, 15) is 0 Å². The second-order valence-electron chi connectivity index (χ2n) is 5.67. The van der Waals surface area contributed by atoms with Crippen LogP contribution in [0.5, 0.6) is 0 Å². The maximum Gasteiger partial charge on any atom is 0.160 e. The van der Waals surface area contributed by atoms with Crippen LogP contribution in [-0.4, -0.2) is 20.4 Å². The third kappa shape index (κ3) is 2.48. The first-order valence-corrected chi connectivity index (χ1v) is 7.62. The topological polar surface area (TPSA) is 30.7 Å². The lowest BCUT2D eigenvalue weighted by atomic mass is 10.1. The van der Waals surface area contributed by atoms with Crippen LogP contribution in [0.4, 0.5) is 0 Å². The van der Waals surface area contributed by atoms with E-state index in [1.165, 1.54) is 24.8 Å². The minimum Gasteiger partial charge on any atom is -0.310 e. The average molecular weight is 278 g/mol. The van der Waals surface area contributed by atoms with E-state index in [2.05, 4.69) is 23.4 Å². The Morgan fingerprint density at radius 3 is 2.95 bits per heavy atom. The van der Waals surface area contributed by atoms with E-state index >= 15 is 0 Å². The van der Waals surface area contributed by atoms with Crippen molar-refractivity contribution >= 4 is 22.8 Å². The van der Waals surface area contributed by atoms with Gasteiger partial charge in [-0.2, -0.15) is 0 Å². The smallest absolute Gasteiger partial charge is 0.160 e. The van der Waals surface area contributed by atoms with E-state index in [0.717, 1.165) is 29.3 Å². The lowest BCUT2D eigenvalue weighted by Gasteiger charge is -2.16. The molecule has 3 nitrogen and oxygen atoms in total. The Morgan fingerprint density at radius 1 is 1.47 bits per heavy atom. The lowest BCUT2D eigenvalue weighted by Crippen LogP contribution is -2.11. The van der Waals surface area contributed by atoms with Gasteiger partial charge in [0.2, 0.25) is 0 Å². The van der Waals surface area contributed by atoms with Crippen molar-refractivity contribution in [2.24, 2.45) is 5.92 Å². The number of alkyl halides is 1. The van der Waals surface area contributed by atoms with Crippen molar-refractivity contribution in [3.05, 3.63) is 23.7 Å². The molecule has 0 radical (unpaired) electrons. The van der Waals surface area contributed by atoms with Gasteiger partial charge in [-0.25, -0.2) is 9.97 Å². The molecule has 2 aromatic heterocycles. The molecule has 1 atom stereocenters. The van der Waals surface area contributed by atoms with Crippen molar-refractivity contribution < 1.29 is 0 Å². The Bertz CT molecular complexity index is 586. The van der Waals surface area contributed by atoms with Crippen LogP contribution >= 0.6 is 11.6 Å². The monoisotopic (exact) mass is 277 g/mol. The van der Waals surface area contributed by atoms with Gasteiger partial charge >= 0.3 is 0 Å². The van der Waals surface area contributed by atoms with Gasteiger partial charge in [0.15, 0.2) is 5.65 Å². The molecule has 0 saturated heterocycles. The lowest BCUT2D eigenvalue weighted by molar-refractivity contribution is 0.471. The molecule has 1 aliphatic rings. The molecule has 1 aliphatic carbocycles. The maximum atomic E-state index is 5.92. The minimum atomic E-state index is 0.463. The highest BCUT2D eigenvalue weighted by atomic mass is 35.5. The quantitative estimate of drug-likeness (QED) is 0.777. The summed E-state index contributed by atoms with van der Waals surface area (Å²) in [4.78, 5) is 9.32. The standard InChI is InChI=1S/C15H20ClN3/c1-10-6-8-17-15-14(10)18-13(5-7-16)19(15)11(2)9-12-3-4-12/h6,8,11-12H,3-5,7,9H2,1-2H3. The zero-order chi connectivity index (χ0) is 13.4. The molecule has 0 N–H and O–H groups in total. The molecule has 1 saturated carbocycles.